The Kier molecular flexibility index (Phi) is 3.16. The molecule has 0 radical (unpaired) electrons. The summed E-state index contributed by atoms with van der Waals surface area (Å²) in [6, 6.07) is 14.4. The molecule has 1 aliphatic rings. The van der Waals surface area contributed by atoms with Gasteiger partial charge in [0.25, 0.3) is 5.69 Å². The molecule has 5 nitrogen and oxygen atoms in total. The number of benzene rings is 2. The first-order valence-corrected chi connectivity index (χ1v) is 6.39. The molecular weight excluding hydrogens is 254 g/mol. The first kappa shape index (κ1) is 12.3. The third-order valence-electron chi connectivity index (χ3n) is 3.25. The predicted octanol–water partition coefficient (Wildman–Crippen LogP) is 3.53. The summed E-state index contributed by atoms with van der Waals surface area (Å²) in [5.74, 6) is 0. The molecule has 0 saturated carbocycles. The van der Waals surface area contributed by atoms with Crippen LogP contribution in [0.2, 0.25) is 0 Å². The fourth-order valence-corrected chi connectivity index (χ4v) is 2.22. The summed E-state index contributed by atoms with van der Waals surface area (Å²) in [5.41, 5.74) is 3.88. The lowest BCUT2D eigenvalue weighted by Gasteiger charge is -2.03. The largest absolute Gasteiger partial charge is 0.383 e. The lowest BCUT2D eigenvalue weighted by Crippen LogP contribution is -2.07. The summed E-state index contributed by atoms with van der Waals surface area (Å²) in [4.78, 5) is 14.9. The molecule has 100 valence electrons. The van der Waals surface area contributed by atoms with Gasteiger partial charge in [-0.05, 0) is 29.8 Å². The highest BCUT2D eigenvalue weighted by atomic mass is 16.6. The topological polar surface area (TPSA) is 67.5 Å². The quantitative estimate of drug-likeness (QED) is 0.668. The van der Waals surface area contributed by atoms with E-state index in [4.69, 9.17) is 0 Å². The maximum Gasteiger partial charge on any atom is 0.269 e. The summed E-state index contributed by atoms with van der Waals surface area (Å²) < 4.78 is 0. The van der Waals surface area contributed by atoms with Crippen LogP contribution in [0.3, 0.4) is 0 Å². The molecule has 1 N–H and O–H groups in total. The van der Waals surface area contributed by atoms with Crippen LogP contribution in [0.4, 0.5) is 17.1 Å². The number of fused-ring (bicyclic) bond motifs is 1. The van der Waals surface area contributed by atoms with Crippen LogP contribution < -0.4 is 5.32 Å². The van der Waals surface area contributed by atoms with Gasteiger partial charge in [-0.15, -0.1) is 0 Å². The standard InChI is InChI=1S/C15H13N3O2/c19-18(20)12-7-5-11(6-8-12)13-9-10-16-14-3-1-2-4-15(14)17-13/h1-8,16H,9-10H2. The number of non-ortho nitro benzene ring substituents is 1. The first-order valence-electron chi connectivity index (χ1n) is 6.39. The lowest BCUT2D eigenvalue weighted by molar-refractivity contribution is -0.384. The third-order valence-corrected chi connectivity index (χ3v) is 3.25. The molecule has 0 unspecified atom stereocenters. The highest BCUT2D eigenvalue weighted by Crippen LogP contribution is 2.28. The molecule has 0 saturated heterocycles. The van der Waals surface area contributed by atoms with E-state index in [1.54, 1.807) is 12.1 Å². The maximum absolute atomic E-state index is 10.7. The van der Waals surface area contributed by atoms with E-state index in [9.17, 15) is 10.1 Å². The van der Waals surface area contributed by atoms with Gasteiger partial charge in [0, 0.05) is 25.1 Å². The Morgan fingerprint density at radius 2 is 1.85 bits per heavy atom. The van der Waals surface area contributed by atoms with Crippen molar-refractivity contribution in [2.24, 2.45) is 4.99 Å². The van der Waals surface area contributed by atoms with Gasteiger partial charge in [0.1, 0.15) is 0 Å². The van der Waals surface area contributed by atoms with E-state index < -0.39 is 4.92 Å². The molecule has 5 heteroatoms. The van der Waals surface area contributed by atoms with Crippen molar-refractivity contribution >= 4 is 22.8 Å². The SMILES string of the molecule is O=[N+]([O-])c1ccc(C2=Nc3ccccc3NCC2)cc1. The lowest BCUT2D eigenvalue weighted by atomic mass is 10.1. The second kappa shape index (κ2) is 5.13. The van der Waals surface area contributed by atoms with Gasteiger partial charge in [-0.3, -0.25) is 15.1 Å². The van der Waals surface area contributed by atoms with Crippen LogP contribution >= 0.6 is 0 Å². The third kappa shape index (κ3) is 2.38. The van der Waals surface area contributed by atoms with Gasteiger partial charge < -0.3 is 5.32 Å². The number of nitro benzene ring substituents is 1. The molecule has 0 aliphatic carbocycles. The molecule has 2 aromatic carbocycles. The monoisotopic (exact) mass is 267 g/mol. The average molecular weight is 267 g/mol. The minimum Gasteiger partial charge on any atom is -0.383 e. The molecule has 3 rings (SSSR count). The van der Waals surface area contributed by atoms with Crippen molar-refractivity contribution in [3.8, 4) is 0 Å². The van der Waals surface area contributed by atoms with Gasteiger partial charge in [-0.25, -0.2) is 0 Å². The Labute approximate surface area is 116 Å². The summed E-state index contributed by atoms with van der Waals surface area (Å²) in [6.45, 7) is 0.798. The molecule has 2 aromatic rings. The number of hydrogen-bond acceptors (Lipinski definition) is 4. The summed E-state index contributed by atoms with van der Waals surface area (Å²) >= 11 is 0. The van der Waals surface area contributed by atoms with Crippen LogP contribution in [0.15, 0.2) is 53.5 Å². The fourth-order valence-electron chi connectivity index (χ4n) is 2.22. The summed E-state index contributed by atoms with van der Waals surface area (Å²) in [7, 11) is 0. The van der Waals surface area contributed by atoms with Gasteiger partial charge in [0.05, 0.1) is 22.0 Å². The molecule has 1 aliphatic heterocycles. The Balaban J connectivity index is 1.97. The molecule has 0 atom stereocenters. The minimum atomic E-state index is -0.393. The van der Waals surface area contributed by atoms with E-state index in [2.05, 4.69) is 10.3 Å². The zero-order valence-electron chi connectivity index (χ0n) is 10.7. The van der Waals surface area contributed by atoms with Crippen molar-refractivity contribution < 1.29 is 4.92 Å². The fraction of sp³-hybridized carbons (Fsp3) is 0.133. The van der Waals surface area contributed by atoms with Gasteiger partial charge in [-0.2, -0.15) is 0 Å². The van der Waals surface area contributed by atoms with E-state index in [-0.39, 0.29) is 5.69 Å². The molecule has 0 amide bonds. The highest BCUT2D eigenvalue weighted by molar-refractivity contribution is 6.03. The van der Waals surface area contributed by atoms with Crippen molar-refractivity contribution in [3.05, 3.63) is 64.2 Å². The van der Waals surface area contributed by atoms with E-state index >= 15 is 0 Å². The predicted molar refractivity (Wildman–Crippen MR) is 78.8 cm³/mol. The number of rotatable bonds is 2. The highest BCUT2D eigenvalue weighted by Gasteiger charge is 2.12. The second-order valence-electron chi connectivity index (χ2n) is 4.56. The van der Waals surface area contributed by atoms with E-state index in [1.165, 1.54) is 12.1 Å². The van der Waals surface area contributed by atoms with Crippen LogP contribution in [-0.4, -0.2) is 17.2 Å². The van der Waals surface area contributed by atoms with Crippen molar-refractivity contribution in [1.29, 1.82) is 0 Å². The number of nitrogens with one attached hydrogen (secondary N) is 1. The van der Waals surface area contributed by atoms with Crippen LogP contribution in [0, 0.1) is 10.1 Å². The van der Waals surface area contributed by atoms with Crippen LogP contribution in [0.25, 0.3) is 0 Å². The van der Waals surface area contributed by atoms with Gasteiger partial charge in [-0.1, -0.05) is 12.1 Å². The first-order chi connectivity index (χ1) is 9.74. The average Bonchev–Trinajstić information content (AvgIpc) is 2.69. The molecule has 0 spiro atoms. The Hall–Kier alpha value is -2.69. The Morgan fingerprint density at radius 1 is 1.10 bits per heavy atom. The number of aliphatic imine (C=N–C) groups is 1. The van der Waals surface area contributed by atoms with Crippen molar-refractivity contribution in [3.63, 3.8) is 0 Å². The molecule has 0 aromatic heterocycles. The smallest absolute Gasteiger partial charge is 0.269 e. The van der Waals surface area contributed by atoms with Crippen molar-refractivity contribution in [1.82, 2.24) is 0 Å². The molecular formula is C15H13N3O2. The maximum atomic E-state index is 10.7. The van der Waals surface area contributed by atoms with E-state index in [1.807, 2.05) is 24.3 Å². The van der Waals surface area contributed by atoms with Crippen molar-refractivity contribution in [2.75, 3.05) is 11.9 Å². The Bertz CT molecular complexity index is 678. The minimum absolute atomic E-state index is 0.0986. The van der Waals surface area contributed by atoms with Crippen LogP contribution in [0.1, 0.15) is 12.0 Å². The Morgan fingerprint density at radius 3 is 2.60 bits per heavy atom. The summed E-state index contributed by atoms with van der Waals surface area (Å²) in [5, 5.41) is 14.0. The van der Waals surface area contributed by atoms with E-state index in [0.717, 1.165) is 35.6 Å². The number of nitrogens with zero attached hydrogens (tertiary/aromatic N) is 2. The molecule has 1 heterocycles. The molecule has 0 fully saturated rings. The summed E-state index contributed by atoms with van der Waals surface area (Å²) in [6.07, 6.45) is 0.784. The van der Waals surface area contributed by atoms with Crippen molar-refractivity contribution in [2.45, 2.75) is 6.42 Å². The number of anilines is 1. The normalized spacial score (nSPS) is 13.7. The zero-order valence-corrected chi connectivity index (χ0v) is 10.7. The van der Waals surface area contributed by atoms with E-state index in [0.29, 0.717) is 0 Å². The van der Waals surface area contributed by atoms with Crippen LogP contribution in [-0.2, 0) is 0 Å². The number of para-hydroxylation sites is 2. The zero-order chi connectivity index (χ0) is 13.9. The second-order valence-corrected chi connectivity index (χ2v) is 4.56. The molecule has 20 heavy (non-hydrogen) atoms. The number of nitro groups is 1. The van der Waals surface area contributed by atoms with Gasteiger partial charge in [0.2, 0.25) is 0 Å². The van der Waals surface area contributed by atoms with Gasteiger partial charge in [0.15, 0.2) is 0 Å². The van der Waals surface area contributed by atoms with Crippen LogP contribution in [0.5, 0.6) is 0 Å². The molecule has 0 bridgehead atoms. The number of hydrogen-bond donors (Lipinski definition) is 1. The van der Waals surface area contributed by atoms with Gasteiger partial charge >= 0.3 is 0 Å².